The van der Waals surface area contributed by atoms with Crippen LogP contribution in [0.15, 0.2) is 0 Å². The Bertz CT molecular complexity index is 757. The van der Waals surface area contributed by atoms with Crippen LogP contribution in [-0.4, -0.2) is 30.4 Å². The first-order valence-corrected chi connectivity index (χ1v) is 10.4. The lowest BCUT2D eigenvalue weighted by Gasteiger charge is -2.28. The molecule has 0 saturated heterocycles. The zero-order chi connectivity index (χ0) is 19.7. The SMILES string of the molecule is CC(=O)Nc1sc(C)c(C)c1C(=O)OCC(=O)NC(C)C1CC2CCC1C2. The Morgan fingerprint density at radius 1 is 1.22 bits per heavy atom. The van der Waals surface area contributed by atoms with Gasteiger partial charge in [-0.3, -0.25) is 9.59 Å². The topological polar surface area (TPSA) is 84.5 Å². The number of hydrogen-bond acceptors (Lipinski definition) is 5. The molecule has 1 heterocycles. The zero-order valence-corrected chi connectivity index (χ0v) is 17.2. The number of fused-ring (bicyclic) bond motifs is 2. The van der Waals surface area contributed by atoms with E-state index in [0.717, 1.165) is 22.3 Å². The van der Waals surface area contributed by atoms with E-state index in [2.05, 4.69) is 10.6 Å². The highest BCUT2D eigenvalue weighted by Gasteiger charge is 2.42. The number of esters is 1. The number of amides is 2. The van der Waals surface area contributed by atoms with E-state index in [9.17, 15) is 14.4 Å². The Hall–Kier alpha value is -1.89. The summed E-state index contributed by atoms with van der Waals surface area (Å²) in [6.07, 6.45) is 5.09. The summed E-state index contributed by atoms with van der Waals surface area (Å²) in [5.74, 6) is 0.991. The molecule has 1 aromatic heterocycles. The normalized spacial score (nSPS) is 24.5. The van der Waals surface area contributed by atoms with Crippen LogP contribution in [0.25, 0.3) is 0 Å². The molecule has 148 valence electrons. The van der Waals surface area contributed by atoms with Crippen molar-refractivity contribution in [3.8, 4) is 0 Å². The number of nitrogens with one attached hydrogen (secondary N) is 2. The van der Waals surface area contributed by atoms with Gasteiger partial charge in [0.2, 0.25) is 5.91 Å². The smallest absolute Gasteiger partial charge is 0.341 e. The van der Waals surface area contributed by atoms with E-state index in [0.29, 0.717) is 16.5 Å². The maximum absolute atomic E-state index is 12.5. The molecule has 0 spiro atoms. The van der Waals surface area contributed by atoms with E-state index >= 15 is 0 Å². The molecule has 6 nitrogen and oxygen atoms in total. The number of ether oxygens (including phenoxy) is 1. The molecule has 2 saturated carbocycles. The summed E-state index contributed by atoms with van der Waals surface area (Å²) in [7, 11) is 0. The molecular formula is C20H28N2O4S. The fourth-order valence-corrected chi connectivity index (χ4v) is 5.73. The van der Waals surface area contributed by atoms with Crippen LogP contribution < -0.4 is 10.6 Å². The van der Waals surface area contributed by atoms with Crippen LogP contribution in [0.5, 0.6) is 0 Å². The minimum absolute atomic E-state index is 0.103. The summed E-state index contributed by atoms with van der Waals surface area (Å²) in [6, 6.07) is 0.103. The first-order chi connectivity index (χ1) is 12.8. The van der Waals surface area contributed by atoms with E-state index in [-0.39, 0.29) is 24.5 Å². The second-order valence-electron chi connectivity index (χ2n) is 7.94. The second kappa shape index (κ2) is 8.00. The minimum atomic E-state index is -0.580. The van der Waals surface area contributed by atoms with Crippen LogP contribution in [-0.2, 0) is 14.3 Å². The molecule has 1 aromatic rings. The Balaban J connectivity index is 1.54. The molecule has 2 bridgehead atoms. The number of aryl methyl sites for hydroxylation is 1. The maximum atomic E-state index is 12.5. The number of thiophene rings is 1. The molecule has 4 atom stereocenters. The van der Waals surface area contributed by atoms with Crippen molar-refractivity contribution in [1.29, 1.82) is 0 Å². The monoisotopic (exact) mass is 392 g/mol. The highest BCUT2D eigenvalue weighted by atomic mass is 32.1. The van der Waals surface area contributed by atoms with Crippen molar-refractivity contribution in [3.05, 3.63) is 16.0 Å². The molecule has 2 N–H and O–H groups in total. The summed E-state index contributed by atoms with van der Waals surface area (Å²) in [5.41, 5.74) is 1.10. The number of rotatable bonds is 6. The molecule has 7 heteroatoms. The van der Waals surface area contributed by atoms with Gasteiger partial charge in [0.05, 0.1) is 5.56 Å². The molecule has 0 aromatic carbocycles. The average Bonchev–Trinajstić information content (AvgIpc) is 3.28. The predicted molar refractivity (Wildman–Crippen MR) is 105 cm³/mol. The van der Waals surface area contributed by atoms with Crippen molar-refractivity contribution < 1.29 is 19.1 Å². The van der Waals surface area contributed by atoms with Gasteiger partial charge >= 0.3 is 5.97 Å². The molecule has 2 fully saturated rings. The third-order valence-electron chi connectivity index (χ3n) is 6.04. The molecule has 2 aliphatic rings. The molecule has 27 heavy (non-hydrogen) atoms. The van der Waals surface area contributed by atoms with Crippen molar-refractivity contribution in [2.45, 2.75) is 59.4 Å². The van der Waals surface area contributed by atoms with Gasteiger partial charge in [-0.25, -0.2) is 4.79 Å². The molecule has 0 aliphatic heterocycles. The first kappa shape index (κ1) is 19.9. The van der Waals surface area contributed by atoms with Gasteiger partial charge in [0.15, 0.2) is 6.61 Å². The number of carbonyl (C=O) groups is 3. The van der Waals surface area contributed by atoms with Crippen LogP contribution in [0, 0.1) is 31.6 Å². The molecule has 2 aliphatic carbocycles. The van der Waals surface area contributed by atoms with E-state index in [1.54, 1.807) is 0 Å². The van der Waals surface area contributed by atoms with Gasteiger partial charge in [0.1, 0.15) is 5.00 Å². The lowest BCUT2D eigenvalue weighted by atomic mass is 9.84. The van der Waals surface area contributed by atoms with Gasteiger partial charge in [-0.2, -0.15) is 0 Å². The minimum Gasteiger partial charge on any atom is -0.452 e. The molecule has 2 amide bonds. The molecule has 0 radical (unpaired) electrons. The number of carbonyl (C=O) groups excluding carboxylic acids is 3. The Labute approximate surface area is 164 Å². The summed E-state index contributed by atoms with van der Waals surface area (Å²) >= 11 is 1.33. The van der Waals surface area contributed by atoms with E-state index in [1.807, 2.05) is 20.8 Å². The lowest BCUT2D eigenvalue weighted by Crippen LogP contribution is -2.42. The Morgan fingerprint density at radius 2 is 1.96 bits per heavy atom. The Kier molecular flexibility index (Phi) is 5.89. The van der Waals surface area contributed by atoms with Gasteiger partial charge in [0.25, 0.3) is 5.91 Å². The van der Waals surface area contributed by atoms with Gasteiger partial charge in [-0.05, 0) is 63.4 Å². The highest BCUT2D eigenvalue weighted by Crippen LogP contribution is 2.49. The molecule has 3 rings (SSSR count). The van der Waals surface area contributed by atoms with Crippen molar-refractivity contribution >= 4 is 34.1 Å². The van der Waals surface area contributed by atoms with Crippen LogP contribution in [0.1, 0.15) is 60.3 Å². The van der Waals surface area contributed by atoms with Gasteiger partial charge in [-0.1, -0.05) is 6.42 Å². The van der Waals surface area contributed by atoms with Gasteiger partial charge in [0, 0.05) is 17.8 Å². The largest absolute Gasteiger partial charge is 0.452 e. The third kappa shape index (κ3) is 4.34. The van der Waals surface area contributed by atoms with Crippen molar-refractivity contribution in [1.82, 2.24) is 5.32 Å². The summed E-state index contributed by atoms with van der Waals surface area (Å²) in [5, 5.41) is 6.13. The van der Waals surface area contributed by atoms with Crippen molar-refractivity contribution in [3.63, 3.8) is 0 Å². The van der Waals surface area contributed by atoms with E-state index in [4.69, 9.17) is 4.74 Å². The number of anilines is 1. The third-order valence-corrected chi connectivity index (χ3v) is 7.16. The van der Waals surface area contributed by atoms with Gasteiger partial charge < -0.3 is 15.4 Å². The Morgan fingerprint density at radius 3 is 2.56 bits per heavy atom. The first-order valence-electron chi connectivity index (χ1n) is 9.60. The van der Waals surface area contributed by atoms with Crippen LogP contribution in [0.3, 0.4) is 0 Å². The van der Waals surface area contributed by atoms with Crippen LogP contribution in [0.4, 0.5) is 5.00 Å². The van der Waals surface area contributed by atoms with Crippen LogP contribution in [0.2, 0.25) is 0 Å². The standard InChI is InChI=1S/C20H28N2O4S/c1-10-12(3)27-19(22-13(4)23)18(10)20(25)26-9-17(24)21-11(2)16-8-14-5-6-15(16)7-14/h11,14-16H,5-9H2,1-4H3,(H,21,24)(H,22,23). The maximum Gasteiger partial charge on any atom is 0.341 e. The van der Waals surface area contributed by atoms with Crippen LogP contribution >= 0.6 is 11.3 Å². The van der Waals surface area contributed by atoms with E-state index in [1.165, 1.54) is 43.9 Å². The summed E-state index contributed by atoms with van der Waals surface area (Å²) in [4.78, 5) is 37.0. The highest BCUT2D eigenvalue weighted by molar-refractivity contribution is 7.16. The quantitative estimate of drug-likeness (QED) is 0.727. The van der Waals surface area contributed by atoms with Crippen molar-refractivity contribution in [2.24, 2.45) is 17.8 Å². The zero-order valence-electron chi connectivity index (χ0n) is 16.4. The number of hydrogen-bond donors (Lipinski definition) is 2. The fraction of sp³-hybridized carbons (Fsp3) is 0.650. The van der Waals surface area contributed by atoms with Gasteiger partial charge in [-0.15, -0.1) is 11.3 Å². The lowest BCUT2D eigenvalue weighted by molar-refractivity contribution is -0.125. The van der Waals surface area contributed by atoms with E-state index < -0.39 is 5.97 Å². The van der Waals surface area contributed by atoms with Crippen molar-refractivity contribution in [2.75, 3.05) is 11.9 Å². The fourth-order valence-electron chi connectivity index (χ4n) is 4.63. The second-order valence-corrected chi connectivity index (χ2v) is 9.16. The summed E-state index contributed by atoms with van der Waals surface area (Å²) in [6.45, 7) is 6.82. The summed E-state index contributed by atoms with van der Waals surface area (Å²) < 4.78 is 5.24. The molecule has 4 unspecified atom stereocenters. The predicted octanol–water partition coefficient (Wildman–Crippen LogP) is 3.42. The molecular weight excluding hydrogens is 364 g/mol. The average molecular weight is 393 g/mol.